The van der Waals surface area contributed by atoms with Crippen LogP contribution in [-0.2, 0) is 0 Å². The van der Waals surface area contributed by atoms with E-state index in [9.17, 15) is 0 Å². The lowest BCUT2D eigenvalue weighted by atomic mass is 10.4. The topological polar surface area (TPSA) is 27.3 Å². The first-order valence-electron chi connectivity index (χ1n) is 5.92. The van der Waals surface area contributed by atoms with E-state index < -0.39 is 0 Å². The Hall–Kier alpha value is -0.120. The summed E-state index contributed by atoms with van der Waals surface area (Å²) >= 11 is 0. The Morgan fingerprint density at radius 3 is 1.93 bits per heavy atom. The van der Waals surface area contributed by atoms with Crippen molar-refractivity contribution in [2.75, 3.05) is 46.3 Å². The van der Waals surface area contributed by atoms with Crippen molar-refractivity contribution in [3.8, 4) is 0 Å². The van der Waals surface area contributed by atoms with Gasteiger partial charge in [-0.3, -0.25) is 0 Å². The predicted molar refractivity (Wildman–Crippen MR) is 65.9 cm³/mol. The maximum Gasteiger partial charge on any atom is 0.0107 e. The van der Waals surface area contributed by atoms with E-state index in [1.54, 1.807) is 0 Å². The van der Waals surface area contributed by atoms with Gasteiger partial charge in [0.05, 0.1) is 0 Å². The second-order valence-electron chi connectivity index (χ2n) is 2.88. The Balaban J connectivity index is 0. The lowest BCUT2D eigenvalue weighted by Gasteiger charge is -2.17. The van der Waals surface area contributed by atoms with Gasteiger partial charge in [0.2, 0.25) is 0 Å². The van der Waals surface area contributed by atoms with Crippen LogP contribution in [0.5, 0.6) is 0 Å². The third kappa shape index (κ3) is 11.9. The zero-order valence-corrected chi connectivity index (χ0v) is 10.7. The average Bonchev–Trinajstić information content (AvgIpc) is 2.26. The summed E-state index contributed by atoms with van der Waals surface area (Å²) in [7, 11) is 1.98. The summed E-state index contributed by atoms with van der Waals surface area (Å²) in [5.74, 6) is 0. The molecule has 0 saturated carbocycles. The number of likely N-dealkylation sites (N-methyl/N-ethyl adjacent to an activating group) is 2. The summed E-state index contributed by atoms with van der Waals surface area (Å²) in [6.45, 7) is 15.1. The zero-order chi connectivity index (χ0) is 11.2. The monoisotopic (exact) mass is 203 g/mol. The molecule has 14 heavy (non-hydrogen) atoms. The van der Waals surface area contributed by atoms with Crippen LogP contribution >= 0.6 is 0 Å². The summed E-state index contributed by atoms with van der Waals surface area (Å²) < 4.78 is 0. The second kappa shape index (κ2) is 15.4. The minimum absolute atomic E-state index is 1.05. The fourth-order valence-electron chi connectivity index (χ4n) is 1.12. The van der Waals surface area contributed by atoms with Gasteiger partial charge in [-0.1, -0.05) is 27.7 Å². The molecule has 0 amide bonds. The van der Waals surface area contributed by atoms with Crippen molar-refractivity contribution in [3.63, 3.8) is 0 Å². The second-order valence-corrected chi connectivity index (χ2v) is 2.88. The van der Waals surface area contributed by atoms with Gasteiger partial charge in [-0.15, -0.1) is 0 Å². The van der Waals surface area contributed by atoms with Crippen LogP contribution in [-0.4, -0.2) is 51.2 Å². The van der Waals surface area contributed by atoms with Gasteiger partial charge in [0.25, 0.3) is 0 Å². The SMILES string of the molecule is CC.CCN(CC)CCNCCNC. The zero-order valence-electron chi connectivity index (χ0n) is 10.7. The smallest absolute Gasteiger partial charge is 0.0107 e. The van der Waals surface area contributed by atoms with Gasteiger partial charge in [-0.05, 0) is 20.1 Å². The molecular formula is C11H29N3. The number of nitrogens with one attached hydrogen (secondary N) is 2. The quantitative estimate of drug-likeness (QED) is 0.580. The molecule has 0 aliphatic heterocycles. The summed E-state index contributed by atoms with van der Waals surface area (Å²) in [6, 6.07) is 0. The summed E-state index contributed by atoms with van der Waals surface area (Å²) in [6.07, 6.45) is 0. The van der Waals surface area contributed by atoms with Gasteiger partial charge in [-0.2, -0.15) is 0 Å². The van der Waals surface area contributed by atoms with Crippen molar-refractivity contribution in [2.45, 2.75) is 27.7 Å². The predicted octanol–water partition coefficient (Wildman–Crippen LogP) is 1.16. The van der Waals surface area contributed by atoms with Crippen LogP contribution in [0.4, 0.5) is 0 Å². The Morgan fingerprint density at radius 2 is 1.50 bits per heavy atom. The molecule has 0 fully saturated rings. The molecule has 0 spiro atoms. The largest absolute Gasteiger partial charge is 0.318 e. The molecule has 3 heteroatoms. The van der Waals surface area contributed by atoms with Gasteiger partial charge in [0.15, 0.2) is 0 Å². The molecule has 88 valence electrons. The van der Waals surface area contributed by atoms with Crippen LogP contribution in [0.25, 0.3) is 0 Å². The van der Waals surface area contributed by atoms with E-state index >= 15 is 0 Å². The molecule has 0 aliphatic carbocycles. The molecule has 0 radical (unpaired) electrons. The fourth-order valence-corrected chi connectivity index (χ4v) is 1.12. The van der Waals surface area contributed by atoms with E-state index in [2.05, 4.69) is 29.4 Å². The molecule has 0 bridgehead atoms. The van der Waals surface area contributed by atoms with Crippen LogP contribution in [0.3, 0.4) is 0 Å². The molecule has 0 rings (SSSR count). The molecule has 0 heterocycles. The molecule has 0 saturated heterocycles. The molecule has 0 aromatic heterocycles. The molecular weight excluding hydrogens is 174 g/mol. The van der Waals surface area contributed by atoms with Gasteiger partial charge in [0.1, 0.15) is 0 Å². The Labute approximate surface area is 90.3 Å². The molecule has 0 atom stereocenters. The first kappa shape index (κ1) is 16.3. The van der Waals surface area contributed by atoms with Gasteiger partial charge >= 0.3 is 0 Å². The van der Waals surface area contributed by atoms with Crippen LogP contribution < -0.4 is 10.6 Å². The van der Waals surface area contributed by atoms with E-state index in [1.165, 1.54) is 0 Å². The maximum absolute atomic E-state index is 3.38. The van der Waals surface area contributed by atoms with Gasteiger partial charge < -0.3 is 15.5 Å². The van der Waals surface area contributed by atoms with Crippen LogP contribution in [0.15, 0.2) is 0 Å². The first-order chi connectivity index (χ1) is 6.85. The number of hydrogen-bond donors (Lipinski definition) is 2. The van der Waals surface area contributed by atoms with Crippen molar-refractivity contribution in [1.82, 2.24) is 15.5 Å². The van der Waals surface area contributed by atoms with E-state index in [-0.39, 0.29) is 0 Å². The molecule has 0 aromatic rings. The summed E-state index contributed by atoms with van der Waals surface area (Å²) in [4.78, 5) is 2.42. The first-order valence-corrected chi connectivity index (χ1v) is 5.92. The van der Waals surface area contributed by atoms with Crippen molar-refractivity contribution in [3.05, 3.63) is 0 Å². The minimum atomic E-state index is 1.05. The van der Waals surface area contributed by atoms with E-state index in [1.807, 2.05) is 20.9 Å². The van der Waals surface area contributed by atoms with E-state index in [0.717, 1.165) is 39.3 Å². The van der Waals surface area contributed by atoms with Crippen molar-refractivity contribution < 1.29 is 0 Å². The highest BCUT2D eigenvalue weighted by atomic mass is 15.1. The van der Waals surface area contributed by atoms with Crippen molar-refractivity contribution >= 4 is 0 Å². The van der Waals surface area contributed by atoms with Gasteiger partial charge in [-0.25, -0.2) is 0 Å². The van der Waals surface area contributed by atoms with Crippen LogP contribution in [0, 0.1) is 0 Å². The Kier molecular flexibility index (Phi) is 17.9. The summed E-state index contributed by atoms with van der Waals surface area (Å²) in [5, 5.41) is 6.49. The summed E-state index contributed by atoms with van der Waals surface area (Å²) in [5.41, 5.74) is 0. The molecule has 0 unspecified atom stereocenters. The lowest BCUT2D eigenvalue weighted by molar-refractivity contribution is 0.302. The fraction of sp³-hybridized carbons (Fsp3) is 1.00. The standard InChI is InChI=1S/C9H23N3.C2H6/c1-4-12(5-2)9-8-11-7-6-10-3;1-2/h10-11H,4-9H2,1-3H3;1-2H3. The Bertz CT molecular complexity index is 82.6. The third-order valence-electron chi connectivity index (χ3n) is 2.05. The molecule has 2 N–H and O–H groups in total. The normalized spacial score (nSPS) is 9.86. The molecule has 0 aromatic carbocycles. The molecule has 0 aliphatic rings. The molecule has 3 nitrogen and oxygen atoms in total. The van der Waals surface area contributed by atoms with Crippen LogP contribution in [0.2, 0.25) is 0 Å². The highest BCUT2D eigenvalue weighted by Gasteiger charge is 1.96. The highest BCUT2D eigenvalue weighted by molar-refractivity contribution is 4.55. The van der Waals surface area contributed by atoms with Crippen molar-refractivity contribution in [1.29, 1.82) is 0 Å². The number of hydrogen-bond acceptors (Lipinski definition) is 3. The van der Waals surface area contributed by atoms with E-state index in [0.29, 0.717) is 0 Å². The lowest BCUT2D eigenvalue weighted by Crippen LogP contribution is -2.34. The minimum Gasteiger partial charge on any atom is -0.318 e. The number of nitrogens with zero attached hydrogens (tertiary/aromatic N) is 1. The van der Waals surface area contributed by atoms with Gasteiger partial charge in [0, 0.05) is 26.2 Å². The Morgan fingerprint density at radius 1 is 0.929 bits per heavy atom. The van der Waals surface area contributed by atoms with E-state index in [4.69, 9.17) is 0 Å². The number of rotatable bonds is 8. The van der Waals surface area contributed by atoms with Crippen LogP contribution in [0.1, 0.15) is 27.7 Å². The third-order valence-corrected chi connectivity index (χ3v) is 2.05. The average molecular weight is 203 g/mol. The van der Waals surface area contributed by atoms with Crippen molar-refractivity contribution in [2.24, 2.45) is 0 Å². The highest BCUT2D eigenvalue weighted by Crippen LogP contribution is 1.83. The maximum atomic E-state index is 3.38.